The van der Waals surface area contributed by atoms with Crippen LogP contribution >= 0.6 is 0 Å². The number of rotatable bonds is 37. The third-order valence-electron chi connectivity index (χ3n) is 11.1. The molecule has 0 aromatic heterocycles. The first kappa shape index (κ1) is 51.9. The summed E-state index contributed by atoms with van der Waals surface area (Å²) in [5.41, 5.74) is 0. The fraction of sp³-hybridized carbons (Fsp3) is 0.932. The van der Waals surface area contributed by atoms with Gasteiger partial charge in [-0.2, -0.15) is 0 Å². The molecule has 0 aromatic rings. The van der Waals surface area contributed by atoms with Crippen molar-refractivity contribution in [2.75, 3.05) is 13.2 Å². The van der Waals surface area contributed by atoms with Crippen LogP contribution in [0.1, 0.15) is 194 Å². The molecule has 1 aliphatic heterocycles. The Morgan fingerprint density at radius 2 is 1.05 bits per heavy atom. The van der Waals surface area contributed by atoms with Crippen LogP contribution in [-0.4, -0.2) is 110 Å². The van der Waals surface area contributed by atoms with E-state index in [0.29, 0.717) is 19.3 Å². The van der Waals surface area contributed by atoms with E-state index in [2.05, 4.69) is 31.3 Å². The second kappa shape index (κ2) is 34.9. The van der Waals surface area contributed by atoms with Crippen molar-refractivity contribution in [1.82, 2.24) is 5.32 Å². The first-order valence-corrected chi connectivity index (χ1v) is 22.6. The summed E-state index contributed by atoms with van der Waals surface area (Å²) in [6, 6.07) is -1.17. The van der Waals surface area contributed by atoms with Gasteiger partial charge in [-0.1, -0.05) is 167 Å². The highest BCUT2D eigenvalue weighted by Crippen LogP contribution is 2.23. The van der Waals surface area contributed by atoms with E-state index in [1.54, 1.807) is 0 Å². The number of carbonyl (C=O) groups is 1. The molecule has 55 heavy (non-hydrogen) atoms. The average molecular weight is 788 g/mol. The van der Waals surface area contributed by atoms with Crippen molar-refractivity contribution in [2.24, 2.45) is 0 Å². The summed E-state index contributed by atoms with van der Waals surface area (Å²) in [4.78, 5) is 13.0. The largest absolute Gasteiger partial charge is 0.394 e. The van der Waals surface area contributed by atoms with Crippen molar-refractivity contribution in [1.29, 1.82) is 0 Å². The Hall–Kier alpha value is -1.15. The number of allylic oxidation sites excluding steroid dienone is 2. The van der Waals surface area contributed by atoms with Crippen molar-refractivity contribution in [3.05, 3.63) is 12.2 Å². The monoisotopic (exact) mass is 788 g/mol. The molecule has 8 N–H and O–H groups in total. The molecule has 0 radical (unpaired) electrons. The number of hydrogen-bond acceptors (Lipinski definition) is 10. The Kier molecular flexibility index (Phi) is 32.9. The zero-order chi connectivity index (χ0) is 40.5. The van der Waals surface area contributed by atoms with Gasteiger partial charge < -0.3 is 50.5 Å². The molecule has 1 saturated heterocycles. The molecular formula is C44H85NO10. The Morgan fingerprint density at radius 1 is 0.618 bits per heavy atom. The summed E-state index contributed by atoms with van der Waals surface area (Å²) in [5, 5.41) is 75.5. The minimum Gasteiger partial charge on any atom is -0.394 e. The summed E-state index contributed by atoms with van der Waals surface area (Å²) in [5.74, 6) is -0.706. The predicted molar refractivity (Wildman–Crippen MR) is 219 cm³/mol. The average Bonchev–Trinajstić information content (AvgIpc) is 3.18. The molecule has 1 rings (SSSR count). The van der Waals surface area contributed by atoms with Crippen molar-refractivity contribution in [2.45, 2.75) is 249 Å². The first-order chi connectivity index (χ1) is 26.7. The van der Waals surface area contributed by atoms with Crippen LogP contribution in [0.3, 0.4) is 0 Å². The third kappa shape index (κ3) is 25.1. The first-order valence-electron chi connectivity index (χ1n) is 22.6. The number of amides is 1. The Balaban J connectivity index is 2.49. The minimum absolute atomic E-state index is 0.248. The second-order valence-corrected chi connectivity index (χ2v) is 16.1. The highest BCUT2D eigenvalue weighted by molar-refractivity contribution is 5.80. The number of unbranched alkanes of at least 4 members (excludes halogenated alkanes) is 23. The van der Waals surface area contributed by atoms with Crippen LogP contribution in [0.5, 0.6) is 0 Å². The predicted octanol–water partition coefficient (Wildman–Crippen LogP) is 6.89. The highest BCUT2D eigenvalue weighted by atomic mass is 16.7. The van der Waals surface area contributed by atoms with Gasteiger partial charge in [0.05, 0.1) is 25.4 Å². The number of hydrogen-bond donors (Lipinski definition) is 8. The Labute approximate surface area is 334 Å². The molecule has 1 fully saturated rings. The van der Waals surface area contributed by atoms with Crippen molar-refractivity contribution in [3.63, 3.8) is 0 Å². The number of carbonyl (C=O) groups excluding carboxylic acids is 1. The summed E-state index contributed by atoms with van der Waals surface area (Å²) in [7, 11) is 0. The van der Waals surface area contributed by atoms with Gasteiger partial charge >= 0.3 is 0 Å². The van der Waals surface area contributed by atoms with E-state index >= 15 is 0 Å². The van der Waals surface area contributed by atoms with Gasteiger partial charge in [-0.15, -0.1) is 0 Å². The van der Waals surface area contributed by atoms with E-state index in [1.807, 2.05) is 0 Å². The van der Waals surface area contributed by atoms with Crippen LogP contribution in [0.2, 0.25) is 0 Å². The molecule has 0 aromatic carbocycles. The fourth-order valence-electron chi connectivity index (χ4n) is 7.26. The van der Waals surface area contributed by atoms with Crippen LogP contribution < -0.4 is 5.32 Å². The van der Waals surface area contributed by atoms with Gasteiger partial charge in [-0.25, -0.2) is 0 Å². The maximum absolute atomic E-state index is 13.0. The van der Waals surface area contributed by atoms with E-state index in [9.17, 15) is 40.5 Å². The van der Waals surface area contributed by atoms with Gasteiger partial charge in [0.1, 0.15) is 36.6 Å². The standard InChI is InChI=1S/C44H85NO10/c1-3-5-7-9-11-13-15-17-18-20-22-24-26-28-30-32-37(48)43(53)45-35(34-54-44-42(52)41(51)40(50)38(33-46)55-44)39(49)36(47)31-29-27-25-23-21-19-16-14-12-10-8-6-4-2/h18,20,35-42,44,46-52H,3-17,19,21-34H2,1-2H3,(H,45,53)/b20-18-. The van der Waals surface area contributed by atoms with Gasteiger partial charge in [0.2, 0.25) is 5.91 Å². The Morgan fingerprint density at radius 3 is 1.53 bits per heavy atom. The lowest BCUT2D eigenvalue weighted by Crippen LogP contribution is -2.60. The quantitative estimate of drug-likeness (QED) is 0.0243. The van der Waals surface area contributed by atoms with E-state index in [1.165, 1.54) is 103 Å². The molecule has 326 valence electrons. The van der Waals surface area contributed by atoms with E-state index < -0.39 is 74.2 Å². The molecular weight excluding hydrogens is 702 g/mol. The van der Waals surface area contributed by atoms with Crippen LogP contribution in [0.25, 0.3) is 0 Å². The molecule has 9 unspecified atom stereocenters. The second-order valence-electron chi connectivity index (χ2n) is 16.1. The maximum atomic E-state index is 13.0. The molecule has 9 atom stereocenters. The third-order valence-corrected chi connectivity index (χ3v) is 11.1. The SMILES string of the molecule is CCCCCCCCC/C=C\CCCCCCC(O)C(=O)NC(COC1OC(CO)C(O)C(O)C1O)C(O)C(O)CCCCCCCCCCCCCCC. The summed E-state index contributed by atoms with van der Waals surface area (Å²) in [6.07, 6.45) is 24.0. The zero-order valence-corrected chi connectivity index (χ0v) is 34.9. The van der Waals surface area contributed by atoms with E-state index in [4.69, 9.17) is 9.47 Å². The number of ether oxygens (including phenoxy) is 2. The molecule has 0 aliphatic carbocycles. The highest BCUT2D eigenvalue weighted by Gasteiger charge is 2.44. The van der Waals surface area contributed by atoms with Crippen molar-refractivity contribution in [3.8, 4) is 0 Å². The summed E-state index contributed by atoms with van der Waals surface area (Å²) in [6.45, 7) is 3.42. The van der Waals surface area contributed by atoms with Gasteiger partial charge in [-0.3, -0.25) is 4.79 Å². The topological polar surface area (TPSA) is 189 Å². The molecule has 11 heteroatoms. The van der Waals surface area contributed by atoms with Gasteiger partial charge in [0, 0.05) is 0 Å². The number of aliphatic hydroxyl groups excluding tert-OH is 7. The fourth-order valence-corrected chi connectivity index (χ4v) is 7.26. The van der Waals surface area contributed by atoms with Crippen molar-refractivity contribution < 1.29 is 50.0 Å². The number of nitrogens with one attached hydrogen (secondary N) is 1. The molecule has 0 bridgehead atoms. The van der Waals surface area contributed by atoms with Crippen LogP contribution in [0.4, 0.5) is 0 Å². The van der Waals surface area contributed by atoms with Gasteiger partial charge in [0.15, 0.2) is 6.29 Å². The van der Waals surface area contributed by atoms with E-state index in [0.717, 1.165) is 51.4 Å². The summed E-state index contributed by atoms with van der Waals surface area (Å²) < 4.78 is 11.1. The van der Waals surface area contributed by atoms with Crippen molar-refractivity contribution >= 4 is 5.91 Å². The van der Waals surface area contributed by atoms with E-state index in [-0.39, 0.29) is 6.42 Å². The molecule has 0 saturated carbocycles. The lowest BCUT2D eigenvalue weighted by Gasteiger charge is -2.40. The smallest absolute Gasteiger partial charge is 0.249 e. The lowest BCUT2D eigenvalue weighted by atomic mass is 9.98. The minimum atomic E-state index is -1.66. The molecule has 1 amide bonds. The van der Waals surface area contributed by atoms with Crippen LogP contribution in [0, 0.1) is 0 Å². The maximum Gasteiger partial charge on any atom is 0.249 e. The van der Waals surface area contributed by atoms with Gasteiger partial charge in [0.25, 0.3) is 0 Å². The van der Waals surface area contributed by atoms with Crippen LogP contribution in [-0.2, 0) is 14.3 Å². The zero-order valence-electron chi connectivity index (χ0n) is 34.9. The molecule has 11 nitrogen and oxygen atoms in total. The normalized spacial score (nSPS) is 22.5. The van der Waals surface area contributed by atoms with Gasteiger partial charge in [-0.05, 0) is 38.5 Å². The summed E-state index contributed by atoms with van der Waals surface area (Å²) >= 11 is 0. The molecule has 1 aliphatic rings. The lowest BCUT2D eigenvalue weighted by molar-refractivity contribution is -0.303. The Bertz CT molecular complexity index is 908. The van der Waals surface area contributed by atoms with Crippen LogP contribution in [0.15, 0.2) is 12.2 Å². The molecule has 1 heterocycles. The number of aliphatic hydroxyl groups is 7. The molecule has 0 spiro atoms.